The van der Waals surface area contributed by atoms with Gasteiger partial charge < -0.3 is 15.7 Å². The summed E-state index contributed by atoms with van der Waals surface area (Å²) in [5.74, 6) is 0.558. The van der Waals surface area contributed by atoms with Gasteiger partial charge in [0, 0.05) is 18.0 Å². The fraction of sp³-hybridized carbons (Fsp3) is 0.733. The monoisotopic (exact) mass is 399 g/mol. The number of aliphatic hydroxyl groups is 1. The van der Waals surface area contributed by atoms with E-state index in [0.29, 0.717) is 36.2 Å². The normalized spacial score (nSPS) is 26.2. The van der Waals surface area contributed by atoms with E-state index in [1.165, 1.54) is 19.2 Å². The van der Waals surface area contributed by atoms with Crippen molar-refractivity contribution in [3.8, 4) is 0 Å². The Morgan fingerprint density at radius 2 is 1.85 bits per heavy atom. The van der Waals surface area contributed by atoms with E-state index in [0.717, 1.165) is 12.8 Å². The molecule has 2 fully saturated rings. The zero-order chi connectivity index (χ0) is 19.4. The maximum atomic E-state index is 10.9. The lowest BCUT2D eigenvalue weighted by atomic mass is 10.1. The molecular weight excluding hydrogens is 374 g/mol. The van der Waals surface area contributed by atoms with Crippen molar-refractivity contribution < 1.29 is 17.7 Å². The fourth-order valence-corrected chi connectivity index (χ4v) is 4.10. The van der Waals surface area contributed by atoms with Gasteiger partial charge in [-0.15, -0.1) is 0 Å². The maximum Gasteiger partial charge on any atom is 0.333 e. The minimum absolute atomic E-state index is 0.163. The highest BCUT2D eigenvalue weighted by atomic mass is 32.2. The Morgan fingerprint density at radius 1 is 1.22 bits per heavy atom. The van der Waals surface area contributed by atoms with Crippen LogP contribution in [-0.4, -0.2) is 48.3 Å². The first-order chi connectivity index (χ1) is 12.9. The van der Waals surface area contributed by atoms with Crippen LogP contribution in [0.2, 0.25) is 0 Å². The Morgan fingerprint density at radius 3 is 2.44 bits per heavy atom. The summed E-state index contributed by atoms with van der Waals surface area (Å²) in [7, 11) is -4.04. The molecule has 0 amide bonds. The summed E-state index contributed by atoms with van der Waals surface area (Å²) < 4.78 is 26.5. The van der Waals surface area contributed by atoms with Crippen molar-refractivity contribution in [2.24, 2.45) is 16.2 Å². The molecule has 27 heavy (non-hydrogen) atoms. The molecule has 2 aliphatic rings. The van der Waals surface area contributed by atoms with Crippen LogP contribution in [0.1, 0.15) is 38.5 Å². The summed E-state index contributed by atoms with van der Waals surface area (Å²) in [6.45, 7) is -0.174. The van der Waals surface area contributed by atoms with Gasteiger partial charge in [-0.25, -0.2) is 20.6 Å². The number of anilines is 2. The molecular formula is C15H25N7O4S. The summed E-state index contributed by atoms with van der Waals surface area (Å²) >= 11 is 0. The molecule has 0 aliphatic heterocycles. The minimum Gasteiger partial charge on any atom is -0.393 e. The van der Waals surface area contributed by atoms with Gasteiger partial charge >= 0.3 is 10.3 Å². The number of nitrogens with one attached hydrogen (secondary N) is 3. The van der Waals surface area contributed by atoms with Crippen LogP contribution in [0.4, 0.5) is 17.3 Å². The second-order valence-corrected chi connectivity index (χ2v) is 8.30. The van der Waals surface area contributed by atoms with Crippen molar-refractivity contribution in [2.75, 3.05) is 17.2 Å². The third-order valence-corrected chi connectivity index (χ3v) is 5.54. The highest BCUT2D eigenvalue weighted by Crippen LogP contribution is 2.35. The van der Waals surface area contributed by atoms with Gasteiger partial charge in [0.15, 0.2) is 17.3 Å². The number of hydrogen-bond acceptors (Lipinski definition) is 10. The van der Waals surface area contributed by atoms with Crippen LogP contribution in [-0.2, 0) is 14.5 Å². The SMILES string of the molecule is N=Nc1c(NC2CCCC2)ncnc1NC1CC(O)[C@H](COS(N)(=O)=O)C1. The summed E-state index contributed by atoms with van der Waals surface area (Å²) in [6.07, 6.45) is 6.01. The zero-order valence-corrected chi connectivity index (χ0v) is 15.7. The second-order valence-electron chi connectivity index (χ2n) is 7.07. The summed E-state index contributed by atoms with van der Waals surface area (Å²) in [5.41, 5.74) is 7.82. The Kier molecular flexibility index (Phi) is 6.19. The van der Waals surface area contributed by atoms with Gasteiger partial charge in [0.2, 0.25) is 0 Å². The molecule has 0 bridgehead atoms. The average Bonchev–Trinajstić information content (AvgIpc) is 3.22. The van der Waals surface area contributed by atoms with E-state index in [9.17, 15) is 13.5 Å². The standard InChI is InChI=1S/C15H25N7O4S/c16-22-13-14(20-10-3-1-2-4-10)18-8-19-15(13)21-11-5-9(12(23)6-11)7-26-27(17,24)25/h8-12,16,23H,1-7H2,(H2,17,24,25)(H2,18,19,20,21)/t9-,11?,12?/m0/s1. The summed E-state index contributed by atoms with van der Waals surface area (Å²) in [5, 5.41) is 25.1. The predicted molar refractivity (Wildman–Crippen MR) is 97.9 cm³/mol. The largest absolute Gasteiger partial charge is 0.393 e. The average molecular weight is 399 g/mol. The number of aromatic nitrogens is 2. The lowest BCUT2D eigenvalue weighted by Crippen LogP contribution is -2.24. The molecule has 1 aromatic rings. The molecule has 6 N–H and O–H groups in total. The van der Waals surface area contributed by atoms with Gasteiger partial charge in [-0.1, -0.05) is 12.8 Å². The lowest BCUT2D eigenvalue weighted by molar-refractivity contribution is 0.101. The number of nitrogens with two attached hydrogens (primary N) is 1. The van der Waals surface area contributed by atoms with Crippen LogP contribution in [0.5, 0.6) is 0 Å². The van der Waals surface area contributed by atoms with Crippen molar-refractivity contribution >= 4 is 27.6 Å². The first-order valence-electron chi connectivity index (χ1n) is 8.96. The van der Waals surface area contributed by atoms with Gasteiger partial charge in [-0.05, 0) is 25.7 Å². The zero-order valence-electron chi connectivity index (χ0n) is 14.8. The molecule has 0 aromatic carbocycles. The smallest absolute Gasteiger partial charge is 0.333 e. The Bertz CT molecular complexity index is 769. The maximum absolute atomic E-state index is 10.9. The van der Waals surface area contributed by atoms with Crippen LogP contribution in [0.3, 0.4) is 0 Å². The van der Waals surface area contributed by atoms with Crippen molar-refractivity contribution in [1.82, 2.24) is 9.97 Å². The number of aliphatic hydroxyl groups excluding tert-OH is 1. The molecule has 1 heterocycles. The predicted octanol–water partition coefficient (Wildman–Crippen LogP) is 1.27. The van der Waals surface area contributed by atoms with E-state index < -0.39 is 16.4 Å². The fourth-order valence-electron chi connectivity index (χ4n) is 3.73. The molecule has 0 spiro atoms. The molecule has 12 heteroatoms. The van der Waals surface area contributed by atoms with Crippen molar-refractivity contribution in [3.05, 3.63) is 6.33 Å². The molecule has 3 rings (SSSR count). The van der Waals surface area contributed by atoms with Gasteiger partial charge in [-0.2, -0.15) is 13.5 Å². The minimum atomic E-state index is -4.04. The van der Waals surface area contributed by atoms with Crippen LogP contribution >= 0.6 is 0 Å². The van der Waals surface area contributed by atoms with Crippen LogP contribution in [0, 0.1) is 11.4 Å². The van der Waals surface area contributed by atoms with Gasteiger partial charge in [0.25, 0.3) is 0 Å². The Hall–Kier alpha value is -1.89. The molecule has 1 aromatic heterocycles. The summed E-state index contributed by atoms with van der Waals surface area (Å²) in [4.78, 5) is 8.39. The highest BCUT2D eigenvalue weighted by molar-refractivity contribution is 7.84. The van der Waals surface area contributed by atoms with E-state index >= 15 is 0 Å². The topological polar surface area (TPSA) is 176 Å². The van der Waals surface area contributed by atoms with Gasteiger partial charge in [0.05, 0.1) is 12.7 Å². The molecule has 150 valence electrons. The lowest BCUT2D eigenvalue weighted by Gasteiger charge is -2.18. The van der Waals surface area contributed by atoms with E-state index in [4.69, 9.17) is 10.7 Å². The van der Waals surface area contributed by atoms with Crippen molar-refractivity contribution in [3.63, 3.8) is 0 Å². The van der Waals surface area contributed by atoms with Crippen LogP contribution < -0.4 is 15.8 Å². The number of hydrogen-bond donors (Lipinski definition) is 5. The number of rotatable bonds is 8. The quantitative estimate of drug-likeness (QED) is 0.406. The number of nitrogens with zero attached hydrogens (tertiary/aromatic N) is 3. The molecule has 2 saturated carbocycles. The molecule has 0 saturated heterocycles. The van der Waals surface area contributed by atoms with E-state index in [1.807, 2.05) is 0 Å². The van der Waals surface area contributed by atoms with Crippen molar-refractivity contribution in [1.29, 1.82) is 5.53 Å². The Labute approximate surface area is 157 Å². The second kappa shape index (κ2) is 8.42. The molecule has 2 unspecified atom stereocenters. The van der Waals surface area contributed by atoms with Gasteiger partial charge in [-0.3, -0.25) is 4.18 Å². The first-order valence-corrected chi connectivity index (χ1v) is 10.4. The van der Waals surface area contributed by atoms with Gasteiger partial charge in [0.1, 0.15) is 6.33 Å². The van der Waals surface area contributed by atoms with E-state index in [-0.39, 0.29) is 18.6 Å². The van der Waals surface area contributed by atoms with E-state index in [1.54, 1.807) is 0 Å². The van der Waals surface area contributed by atoms with Crippen molar-refractivity contribution in [2.45, 2.75) is 56.7 Å². The third-order valence-electron chi connectivity index (χ3n) is 5.07. The van der Waals surface area contributed by atoms with Crippen LogP contribution in [0.25, 0.3) is 0 Å². The first kappa shape index (κ1) is 19.9. The molecule has 3 atom stereocenters. The highest BCUT2D eigenvalue weighted by Gasteiger charge is 2.34. The summed E-state index contributed by atoms with van der Waals surface area (Å²) in [6, 6.07) is 0.158. The van der Waals surface area contributed by atoms with Crippen LogP contribution in [0.15, 0.2) is 11.4 Å². The van der Waals surface area contributed by atoms with E-state index in [2.05, 4.69) is 29.9 Å². The molecule has 0 radical (unpaired) electrons. The third kappa shape index (κ3) is 5.31. The Balaban J connectivity index is 1.65. The molecule has 2 aliphatic carbocycles. The molecule has 11 nitrogen and oxygen atoms in total.